The minimum absolute atomic E-state index is 0.375. The van der Waals surface area contributed by atoms with Gasteiger partial charge in [0.25, 0.3) is 0 Å². The van der Waals surface area contributed by atoms with Gasteiger partial charge in [-0.1, -0.05) is 24.3 Å². The van der Waals surface area contributed by atoms with Crippen molar-refractivity contribution < 1.29 is 14.3 Å². The van der Waals surface area contributed by atoms with E-state index in [4.69, 9.17) is 0 Å². The number of carbonyl (C=O) groups excluding carboxylic acids is 1. The van der Waals surface area contributed by atoms with Crippen molar-refractivity contribution in [1.82, 2.24) is 10.3 Å². The van der Waals surface area contributed by atoms with Crippen molar-refractivity contribution in [2.24, 2.45) is 0 Å². The van der Waals surface area contributed by atoms with Gasteiger partial charge in [-0.15, -0.1) is 0 Å². The van der Waals surface area contributed by atoms with E-state index in [0.717, 1.165) is 10.8 Å². The SMILES string of the molecule is C[C@@H](NC(=O)Nc1cccc2cnccc12)[C@@H](O)c1ccc(F)cc1. The van der Waals surface area contributed by atoms with Gasteiger partial charge in [-0.05, 0) is 36.8 Å². The Morgan fingerprint density at radius 3 is 2.68 bits per heavy atom. The first kappa shape index (κ1) is 16.9. The van der Waals surface area contributed by atoms with E-state index < -0.39 is 18.2 Å². The molecule has 3 aromatic rings. The van der Waals surface area contributed by atoms with Crippen LogP contribution in [0.1, 0.15) is 18.6 Å². The zero-order chi connectivity index (χ0) is 17.8. The highest BCUT2D eigenvalue weighted by atomic mass is 19.1. The zero-order valence-corrected chi connectivity index (χ0v) is 13.6. The van der Waals surface area contributed by atoms with Crippen molar-refractivity contribution in [2.75, 3.05) is 5.32 Å². The standard InChI is InChI=1S/C19H18FN3O2/c1-12(18(24)13-5-7-15(20)8-6-13)22-19(25)23-17-4-2-3-14-11-21-10-9-16(14)17/h2-12,18,24H,1H3,(H2,22,23,25)/t12-,18-/m1/s1. The highest BCUT2D eigenvalue weighted by Crippen LogP contribution is 2.22. The van der Waals surface area contributed by atoms with Crippen LogP contribution in [0, 0.1) is 5.82 Å². The van der Waals surface area contributed by atoms with Crippen LogP contribution in [-0.4, -0.2) is 22.2 Å². The summed E-state index contributed by atoms with van der Waals surface area (Å²) in [5.74, 6) is -0.375. The highest BCUT2D eigenvalue weighted by molar-refractivity contribution is 6.01. The van der Waals surface area contributed by atoms with E-state index in [1.54, 1.807) is 25.4 Å². The van der Waals surface area contributed by atoms with Crippen molar-refractivity contribution in [2.45, 2.75) is 19.1 Å². The quantitative estimate of drug-likeness (QED) is 0.680. The molecule has 0 bridgehead atoms. The molecule has 1 aromatic heterocycles. The maximum absolute atomic E-state index is 13.0. The van der Waals surface area contributed by atoms with Crippen molar-refractivity contribution >= 4 is 22.5 Å². The number of urea groups is 1. The number of benzene rings is 2. The third kappa shape index (κ3) is 3.92. The summed E-state index contributed by atoms with van der Waals surface area (Å²) in [7, 11) is 0. The fourth-order valence-electron chi connectivity index (χ4n) is 2.62. The molecule has 0 spiro atoms. The number of nitrogens with one attached hydrogen (secondary N) is 2. The second-order valence-electron chi connectivity index (χ2n) is 5.79. The first-order valence-electron chi connectivity index (χ1n) is 7.88. The Bertz CT molecular complexity index is 878. The predicted octanol–water partition coefficient (Wildman–Crippen LogP) is 3.62. The Morgan fingerprint density at radius 2 is 1.92 bits per heavy atom. The summed E-state index contributed by atoms with van der Waals surface area (Å²) in [6, 6.07) is 11.9. The topological polar surface area (TPSA) is 74.2 Å². The molecule has 0 saturated carbocycles. The zero-order valence-electron chi connectivity index (χ0n) is 13.6. The van der Waals surface area contributed by atoms with Gasteiger partial charge < -0.3 is 15.7 Å². The molecule has 0 fully saturated rings. The molecule has 6 heteroatoms. The normalized spacial score (nSPS) is 13.2. The molecule has 128 valence electrons. The van der Waals surface area contributed by atoms with E-state index in [9.17, 15) is 14.3 Å². The number of nitrogens with zero attached hydrogens (tertiary/aromatic N) is 1. The summed E-state index contributed by atoms with van der Waals surface area (Å²) in [5, 5.41) is 17.6. The average molecular weight is 339 g/mol. The summed E-state index contributed by atoms with van der Waals surface area (Å²) >= 11 is 0. The van der Waals surface area contributed by atoms with Crippen LogP contribution in [0.5, 0.6) is 0 Å². The minimum atomic E-state index is -0.942. The van der Waals surface area contributed by atoms with Crippen molar-refractivity contribution in [3.63, 3.8) is 0 Å². The van der Waals surface area contributed by atoms with Crippen LogP contribution in [0.3, 0.4) is 0 Å². The number of hydrogen-bond acceptors (Lipinski definition) is 3. The number of aromatic nitrogens is 1. The molecule has 5 nitrogen and oxygen atoms in total. The van der Waals surface area contributed by atoms with Gasteiger partial charge in [0.2, 0.25) is 0 Å². The first-order valence-corrected chi connectivity index (χ1v) is 7.88. The molecule has 3 N–H and O–H groups in total. The summed E-state index contributed by atoms with van der Waals surface area (Å²) in [4.78, 5) is 16.3. The summed E-state index contributed by atoms with van der Waals surface area (Å²) in [6.45, 7) is 1.68. The number of amides is 2. The third-order valence-corrected chi connectivity index (χ3v) is 3.97. The molecule has 1 heterocycles. The number of fused-ring (bicyclic) bond motifs is 1. The van der Waals surface area contributed by atoms with Gasteiger partial charge in [-0.2, -0.15) is 0 Å². The van der Waals surface area contributed by atoms with E-state index in [-0.39, 0.29) is 5.82 Å². The fourth-order valence-corrected chi connectivity index (χ4v) is 2.62. The molecule has 0 aliphatic carbocycles. The number of pyridine rings is 1. The smallest absolute Gasteiger partial charge is 0.319 e. The Hall–Kier alpha value is -2.99. The van der Waals surface area contributed by atoms with Crippen LogP contribution in [0.2, 0.25) is 0 Å². The highest BCUT2D eigenvalue weighted by Gasteiger charge is 2.18. The van der Waals surface area contributed by atoms with Crippen LogP contribution in [0.25, 0.3) is 10.8 Å². The molecular formula is C19H18FN3O2. The van der Waals surface area contributed by atoms with Gasteiger partial charge in [-0.25, -0.2) is 9.18 Å². The largest absolute Gasteiger partial charge is 0.386 e. The van der Waals surface area contributed by atoms with Crippen molar-refractivity contribution in [3.05, 3.63) is 72.3 Å². The van der Waals surface area contributed by atoms with Crippen LogP contribution < -0.4 is 10.6 Å². The van der Waals surface area contributed by atoms with Crippen LogP contribution in [0.4, 0.5) is 14.9 Å². The summed E-state index contributed by atoms with van der Waals surface area (Å²) < 4.78 is 13.0. The Kier molecular flexibility index (Phi) is 4.90. The molecule has 2 atom stereocenters. The Balaban J connectivity index is 1.68. The van der Waals surface area contributed by atoms with Crippen LogP contribution in [0.15, 0.2) is 60.9 Å². The fraction of sp³-hybridized carbons (Fsp3) is 0.158. The number of aliphatic hydroxyl groups excluding tert-OH is 1. The van der Waals surface area contributed by atoms with Crippen molar-refractivity contribution in [1.29, 1.82) is 0 Å². The molecular weight excluding hydrogens is 321 g/mol. The predicted molar refractivity (Wildman–Crippen MR) is 94.7 cm³/mol. The number of halogens is 1. The van der Waals surface area contributed by atoms with Gasteiger partial charge in [0, 0.05) is 23.2 Å². The molecule has 2 amide bonds. The van der Waals surface area contributed by atoms with E-state index >= 15 is 0 Å². The Morgan fingerprint density at radius 1 is 1.16 bits per heavy atom. The summed E-state index contributed by atoms with van der Waals surface area (Å²) in [5.41, 5.74) is 1.19. The number of carbonyl (C=O) groups is 1. The van der Waals surface area contributed by atoms with Gasteiger partial charge in [0.05, 0.1) is 17.8 Å². The lowest BCUT2D eigenvalue weighted by atomic mass is 10.0. The number of aliphatic hydroxyl groups is 1. The molecule has 0 radical (unpaired) electrons. The second-order valence-corrected chi connectivity index (χ2v) is 5.79. The number of hydrogen-bond donors (Lipinski definition) is 3. The monoisotopic (exact) mass is 339 g/mol. The van der Waals surface area contributed by atoms with Gasteiger partial charge in [0.15, 0.2) is 0 Å². The van der Waals surface area contributed by atoms with Gasteiger partial charge in [-0.3, -0.25) is 4.98 Å². The lowest BCUT2D eigenvalue weighted by molar-refractivity contribution is 0.139. The molecule has 0 aliphatic rings. The molecule has 3 rings (SSSR count). The van der Waals surface area contributed by atoms with Crippen LogP contribution in [-0.2, 0) is 0 Å². The van der Waals surface area contributed by atoms with Gasteiger partial charge >= 0.3 is 6.03 Å². The maximum Gasteiger partial charge on any atom is 0.319 e. The van der Waals surface area contributed by atoms with E-state index in [2.05, 4.69) is 15.6 Å². The minimum Gasteiger partial charge on any atom is -0.386 e. The Labute approximate surface area is 144 Å². The van der Waals surface area contributed by atoms with Gasteiger partial charge in [0.1, 0.15) is 5.82 Å². The maximum atomic E-state index is 13.0. The molecule has 2 aromatic carbocycles. The van der Waals surface area contributed by atoms with Crippen LogP contribution >= 0.6 is 0 Å². The molecule has 0 saturated heterocycles. The number of rotatable bonds is 4. The third-order valence-electron chi connectivity index (χ3n) is 3.97. The first-order chi connectivity index (χ1) is 12.0. The van der Waals surface area contributed by atoms with E-state index in [1.807, 2.05) is 18.2 Å². The lowest BCUT2D eigenvalue weighted by Gasteiger charge is -2.21. The lowest BCUT2D eigenvalue weighted by Crippen LogP contribution is -2.39. The number of anilines is 1. The average Bonchev–Trinajstić information content (AvgIpc) is 2.62. The molecule has 0 unspecified atom stereocenters. The molecule has 25 heavy (non-hydrogen) atoms. The molecule has 0 aliphatic heterocycles. The van der Waals surface area contributed by atoms with Crippen molar-refractivity contribution in [3.8, 4) is 0 Å². The van der Waals surface area contributed by atoms with E-state index in [0.29, 0.717) is 11.3 Å². The second kappa shape index (κ2) is 7.27. The van der Waals surface area contributed by atoms with E-state index in [1.165, 1.54) is 24.3 Å². The summed E-state index contributed by atoms with van der Waals surface area (Å²) in [6.07, 6.45) is 2.44.